The Morgan fingerprint density at radius 1 is 1.00 bits per heavy atom. The minimum Gasteiger partial charge on any atom is -0.504 e. The SMILES string of the molecule is O=C1CCc2ccc(O)c(OCO)c2C#CCc2cc(cc(OCO)c2O)CC[C@@H](O)C1. The van der Waals surface area contributed by atoms with Gasteiger partial charge in [-0.05, 0) is 42.5 Å². The maximum absolute atomic E-state index is 12.4. The summed E-state index contributed by atoms with van der Waals surface area (Å²) in [6.45, 7) is -1.28. The molecule has 170 valence electrons. The number of aromatic hydroxyl groups is 2. The van der Waals surface area contributed by atoms with Crippen LogP contribution in [0.15, 0.2) is 24.3 Å². The van der Waals surface area contributed by atoms with Crippen LogP contribution in [0.25, 0.3) is 0 Å². The van der Waals surface area contributed by atoms with Crippen molar-refractivity contribution in [2.24, 2.45) is 0 Å². The third-order valence-corrected chi connectivity index (χ3v) is 5.26. The van der Waals surface area contributed by atoms with Crippen molar-refractivity contribution in [3.63, 3.8) is 0 Å². The van der Waals surface area contributed by atoms with E-state index in [-0.39, 0.29) is 48.0 Å². The summed E-state index contributed by atoms with van der Waals surface area (Å²) in [6, 6.07) is 6.36. The molecular weight excluding hydrogens is 416 g/mol. The van der Waals surface area contributed by atoms with Gasteiger partial charge in [0.15, 0.2) is 36.6 Å². The van der Waals surface area contributed by atoms with E-state index in [0.717, 1.165) is 5.56 Å². The topological polar surface area (TPSA) is 137 Å². The minimum atomic E-state index is -0.823. The lowest BCUT2D eigenvalue weighted by atomic mass is 9.97. The van der Waals surface area contributed by atoms with Gasteiger partial charge in [0.05, 0.1) is 11.7 Å². The quantitative estimate of drug-likeness (QED) is 0.355. The Hall–Kier alpha value is -3.25. The molecule has 0 heterocycles. The van der Waals surface area contributed by atoms with Gasteiger partial charge in [-0.2, -0.15) is 0 Å². The number of aliphatic hydroxyl groups excluding tert-OH is 3. The Morgan fingerprint density at radius 2 is 1.78 bits per heavy atom. The lowest BCUT2D eigenvalue weighted by molar-refractivity contribution is -0.121. The van der Waals surface area contributed by atoms with Crippen LogP contribution in [0.5, 0.6) is 23.0 Å². The maximum atomic E-state index is 12.4. The Morgan fingerprint density at radius 3 is 2.53 bits per heavy atom. The van der Waals surface area contributed by atoms with Crippen molar-refractivity contribution in [2.45, 2.75) is 44.6 Å². The molecule has 8 nitrogen and oxygen atoms in total. The molecule has 1 atom stereocenters. The van der Waals surface area contributed by atoms with E-state index in [4.69, 9.17) is 14.6 Å². The largest absolute Gasteiger partial charge is 0.504 e. The highest BCUT2D eigenvalue weighted by Crippen LogP contribution is 2.35. The molecule has 0 amide bonds. The van der Waals surface area contributed by atoms with E-state index in [0.29, 0.717) is 36.0 Å². The van der Waals surface area contributed by atoms with E-state index in [2.05, 4.69) is 11.8 Å². The average molecular weight is 442 g/mol. The van der Waals surface area contributed by atoms with Gasteiger partial charge >= 0.3 is 0 Å². The van der Waals surface area contributed by atoms with Crippen LogP contribution < -0.4 is 9.47 Å². The molecule has 0 saturated heterocycles. The number of phenols is 2. The molecular formula is C24H26O8. The second-order valence-corrected chi connectivity index (χ2v) is 7.51. The molecule has 0 aliphatic heterocycles. The zero-order chi connectivity index (χ0) is 23.1. The molecule has 0 saturated carbocycles. The lowest BCUT2D eigenvalue weighted by Crippen LogP contribution is -2.15. The highest BCUT2D eigenvalue weighted by Gasteiger charge is 2.18. The molecule has 2 aromatic carbocycles. The van der Waals surface area contributed by atoms with Crippen molar-refractivity contribution in [3.05, 3.63) is 46.5 Å². The molecule has 0 unspecified atom stereocenters. The highest BCUT2D eigenvalue weighted by atomic mass is 16.6. The van der Waals surface area contributed by atoms with Crippen molar-refractivity contribution in [3.8, 4) is 34.8 Å². The summed E-state index contributed by atoms with van der Waals surface area (Å²) in [5.74, 6) is 5.52. The molecule has 32 heavy (non-hydrogen) atoms. The lowest BCUT2D eigenvalue weighted by Gasteiger charge is -2.14. The van der Waals surface area contributed by atoms with Crippen molar-refractivity contribution < 1.29 is 39.8 Å². The molecule has 8 heteroatoms. The number of Topliss-reactive ketones (excluding diaryl/α,β-unsaturated/α-hetero) is 1. The van der Waals surface area contributed by atoms with E-state index in [1.807, 2.05) is 0 Å². The predicted molar refractivity (Wildman–Crippen MR) is 114 cm³/mol. The van der Waals surface area contributed by atoms with Gasteiger partial charge in [0, 0.05) is 24.8 Å². The first-order chi connectivity index (χ1) is 15.4. The van der Waals surface area contributed by atoms with E-state index < -0.39 is 19.7 Å². The van der Waals surface area contributed by atoms with Crippen LogP contribution in [-0.2, 0) is 24.1 Å². The van der Waals surface area contributed by atoms with Gasteiger partial charge in [0.1, 0.15) is 5.78 Å². The summed E-state index contributed by atoms with van der Waals surface area (Å²) < 4.78 is 10.3. The summed E-state index contributed by atoms with van der Waals surface area (Å²) >= 11 is 0. The highest BCUT2D eigenvalue weighted by molar-refractivity contribution is 5.79. The Balaban J connectivity index is 2.08. The third-order valence-electron chi connectivity index (χ3n) is 5.26. The number of carbonyl (C=O) groups is 1. The van der Waals surface area contributed by atoms with Crippen molar-refractivity contribution in [1.82, 2.24) is 0 Å². The molecule has 0 spiro atoms. The molecule has 5 N–H and O–H groups in total. The molecule has 1 aliphatic rings. The van der Waals surface area contributed by atoms with Gasteiger partial charge in [-0.15, -0.1) is 0 Å². The molecule has 0 fully saturated rings. The fourth-order valence-electron chi connectivity index (χ4n) is 3.66. The summed E-state index contributed by atoms with van der Waals surface area (Å²) in [4.78, 5) is 12.4. The zero-order valence-electron chi connectivity index (χ0n) is 17.5. The monoisotopic (exact) mass is 442 g/mol. The maximum Gasteiger partial charge on any atom is 0.186 e. The number of hydrogen-bond donors (Lipinski definition) is 5. The summed E-state index contributed by atoms with van der Waals surface area (Å²) in [5.41, 5.74) is 2.21. The predicted octanol–water partition coefficient (Wildman–Crippen LogP) is 1.55. The number of rotatable bonds is 4. The first-order valence-electron chi connectivity index (χ1n) is 10.3. The average Bonchev–Trinajstić information content (AvgIpc) is 2.76. The first-order valence-corrected chi connectivity index (χ1v) is 10.3. The number of aryl methyl sites for hydroxylation is 2. The van der Waals surface area contributed by atoms with Crippen molar-refractivity contribution in [2.75, 3.05) is 13.6 Å². The Bertz CT molecular complexity index is 1030. The van der Waals surface area contributed by atoms with E-state index >= 15 is 0 Å². The van der Waals surface area contributed by atoms with Crippen LogP contribution >= 0.6 is 0 Å². The normalized spacial score (nSPS) is 16.7. The van der Waals surface area contributed by atoms with Gasteiger partial charge in [0.2, 0.25) is 0 Å². The van der Waals surface area contributed by atoms with Crippen LogP contribution in [0.3, 0.4) is 0 Å². The van der Waals surface area contributed by atoms with Gasteiger partial charge in [0.25, 0.3) is 0 Å². The van der Waals surface area contributed by atoms with Crippen LogP contribution in [0.1, 0.15) is 41.5 Å². The molecule has 0 radical (unpaired) electrons. The fourth-order valence-corrected chi connectivity index (χ4v) is 3.66. The molecule has 0 aromatic heterocycles. The van der Waals surface area contributed by atoms with Gasteiger partial charge in [-0.3, -0.25) is 4.79 Å². The van der Waals surface area contributed by atoms with Crippen molar-refractivity contribution in [1.29, 1.82) is 0 Å². The van der Waals surface area contributed by atoms with Crippen LogP contribution in [0, 0.1) is 11.8 Å². The third kappa shape index (κ3) is 5.71. The number of carbonyl (C=O) groups excluding carboxylic acids is 1. The summed E-state index contributed by atoms with van der Waals surface area (Å²) in [5, 5.41) is 49.3. The van der Waals surface area contributed by atoms with Gasteiger partial charge in [-0.1, -0.05) is 24.0 Å². The number of benzene rings is 2. The number of fused-ring (bicyclic) bond motifs is 3. The summed E-state index contributed by atoms with van der Waals surface area (Å²) in [6.07, 6.45) is 0.596. The smallest absolute Gasteiger partial charge is 0.186 e. The molecule has 2 aromatic rings. The van der Waals surface area contributed by atoms with Crippen LogP contribution in [0.4, 0.5) is 0 Å². The Labute approximate surface area is 185 Å². The number of ether oxygens (including phenoxy) is 2. The zero-order valence-corrected chi connectivity index (χ0v) is 17.5. The van der Waals surface area contributed by atoms with Crippen LogP contribution in [-0.4, -0.2) is 51.0 Å². The standard InChI is InChI=1S/C24H26O8/c25-13-31-22-11-15-4-7-18(27)12-19(28)8-5-16-6-9-21(29)24(32-14-26)20(16)3-1-2-17(10-15)23(22)30/h6,9-11,18,25-27,29-30H,2,4-5,7-8,12-14H2/t18-/m1/s1. The minimum absolute atomic E-state index is 0.00400. The molecule has 3 rings (SSSR count). The number of hydrogen-bond acceptors (Lipinski definition) is 8. The second kappa shape index (κ2) is 10.9. The van der Waals surface area contributed by atoms with E-state index in [9.17, 15) is 25.2 Å². The van der Waals surface area contributed by atoms with Crippen LogP contribution in [0.2, 0.25) is 0 Å². The number of ketones is 1. The van der Waals surface area contributed by atoms with Gasteiger partial charge in [-0.25, -0.2) is 0 Å². The summed E-state index contributed by atoms with van der Waals surface area (Å²) in [7, 11) is 0. The second-order valence-electron chi connectivity index (χ2n) is 7.51. The van der Waals surface area contributed by atoms with Crippen molar-refractivity contribution >= 4 is 5.78 Å². The first kappa shape index (κ1) is 23.4. The fraction of sp³-hybridized carbons (Fsp3) is 0.375. The molecule has 2 bridgehead atoms. The molecule has 1 aliphatic carbocycles. The van der Waals surface area contributed by atoms with E-state index in [1.54, 1.807) is 18.2 Å². The Kier molecular flexibility index (Phi) is 7.95. The number of phenolic OH excluding ortho intramolecular Hbond substituents is 2. The van der Waals surface area contributed by atoms with Gasteiger partial charge < -0.3 is 35.0 Å². The van der Waals surface area contributed by atoms with E-state index in [1.165, 1.54) is 6.07 Å². The number of aliphatic hydroxyl groups is 3.